The van der Waals surface area contributed by atoms with E-state index in [1.807, 2.05) is 0 Å². The smallest absolute Gasteiger partial charge is 0.330 e. The zero-order chi connectivity index (χ0) is 14.4. The normalized spacial score (nSPS) is 9.85. The number of hydrogen-bond donors (Lipinski definition) is 1. The van der Waals surface area contributed by atoms with Crippen molar-refractivity contribution < 1.29 is 14.4 Å². The zero-order valence-electron chi connectivity index (χ0n) is 10.0. The van der Waals surface area contributed by atoms with Gasteiger partial charge in [-0.1, -0.05) is 22.7 Å². The van der Waals surface area contributed by atoms with Gasteiger partial charge in [-0.2, -0.15) is 0 Å². The van der Waals surface area contributed by atoms with Gasteiger partial charge in [0.05, 0.1) is 11.9 Å². The van der Waals surface area contributed by atoms with E-state index in [9.17, 15) is 9.59 Å². The minimum absolute atomic E-state index is 0.362. The van der Waals surface area contributed by atoms with Crippen LogP contribution in [0.5, 0.6) is 0 Å². The number of nitrogens with zero attached hydrogens (tertiary/aromatic N) is 3. The summed E-state index contributed by atoms with van der Waals surface area (Å²) in [6.07, 6.45) is 1.38. The largest absolute Gasteiger partial charge is 0.360 e. The van der Waals surface area contributed by atoms with Crippen LogP contribution in [0.3, 0.4) is 0 Å². The third kappa shape index (κ3) is 3.65. The number of benzene rings is 1. The average molecular weight is 313 g/mol. The summed E-state index contributed by atoms with van der Waals surface area (Å²) in [5.74, 6) is -1.10. The van der Waals surface area contributed by atoms with Crippen LogP contribution in [0, 0.1) is 0 Å². The number of rotatable bonds is 3. The van der Waals surface area contributed by atoms with Gasteiger partial charge in [0.15, 0.2) is 0 Å². The number of anilines is 2. The molecular formula is C11H9ClN4O3S. The van der Waals surface area contributed by atoms with Crippen LogP contribution >= 0.6 is 23.1 Å². The van der Waals surface area contributed by atoms with Crippen molar-refractivity contribution in [3.63, 3.8) is 0 Å². The van der Waals surface area contributed by atoms with Crippen molar-refractivity contribution in [2.45, 2.75) is 0 Å². The maximum absolute atomic E-state index is 12.1. The van der Waals surface area contributed by atoms with E-state index in [4.69, 9.17) is 16.4 Å². The SMILES string of the molecule is O=C(CCl)ON(C(=O)Nc1cnns1)c1ccccc1. The van der Waals surface area contributed by atoms with Crippen molar-refractivity contribution >= 4 is 45.8 Å². The molecule has 2 rings (SSSR count). The molecule has 1 aromatic heterocycles. The number of nitrogens with one attached hydrogen (secondary N) is 1. The lowest BCUT2D eigenvalue weighted by atomic mass is 10.3. The van der Waals surface area contributed by atoms with E-state index in [0.717, 1.165) is 16.6 Å². The number of para-hydroxylation sites is 1. The monoisotopic (exact) mass is 312 g/mol. The van der Waals surface area contributed by atoms with Crippen molar-refractivity contribution in [2.75, 3.05) is 16.3 Å². The number of halogens is 1. The first-order chi connectivity index (χ1) is 9.70. The molecule has 0 atom stereocenters. The van der Waals surface area contributed by atoms with Crippen LogP contribution in [-0.4, -0.2) is 27.5 Å². The molecule has 1 aromatic carbocycles. The van der Waals surface area contributed by atoms with Gasteiger partial charge in [-0.25, -0.2) is 9.59 Å². The first-order valence-corrected chi connectivity index (χ1v) is 6.72. The molecule has 104 valence electrons. The molecule has 0 radical (unpaired) electrons. The van der Waals surface area contributed by atoms with Crippen molar-refractivity contribution in [1.29, 1.82) is 0 Å². The fourth-order valence-corrected chi connectivity index (χ4v) is 1.74. The van der Waals surface area contributed by atoms with Gasteiger partial charge in [-0.3, -0.25) is 5.32 Å². The molecule has 0 bridgehead atoms. The molecule has 1 heterocycles. The molecule has 2 aromatic rings. The zero-order valence-corrected chi connectivity index (χ0v) is 11.6. The Morgan fingerprint density at radius 2 is 2.10 bits per heavy atom. The number of amides is 2. The van der Waals surface area contributed by atoms with E-state index in [-0.39, 0.29) is 5.88 Å². The van der Waals surface area contributed by atoms with Crippen molar-refractivity contribution in [3.05, 3.63) is 36.5 Å². The molecule has 0 fully saturated rings. The van der Waals surface area contributed by atoms with E-state index >= 15 is 0 Å². The maximum atomic E-state index is 12.1. The molecule has 9 heteroatoms. The van der Waals surface area contributed by atoms with E-state index in [1.54, 1.807) is 30.3 Å². The summed E-state index contributed by atoms with van der Waals surface area (Å²) in [5.41, 5.74) is 0.390. The summed E-state index contributed by atoms with van der Waals surface area (Å²) in [6.45, 7) is 0. The summed E-state index contributed by atoms with van der Waals surface area (Å²) in [7, 11) is 0. The molecule has 20 heavy (non-hydrogen) atoms. The van der Waals surface area contributed by atoms with Gasteiger partial charge >= 0.3 is 12.0 Å². The lowest BCUT2D eigenvalue weighted by Gasteiger charge is -2.20. The number of urea groups is 1. The van der Waals surface area contributed by atoms with E-state index in [0.29, 0.717) is 10.7 Å². The van der Waals surface area contributed by atoms with Gasteiger partial charge in [0.1, 0.15) is 10.9 Å². The highest BCUT2D eigenvalue weighted by atomic mass is 35.5. The first kappa shape index (κ1) is 14.2. The summed E-state index contributed by atoms with van der Waals surface area (Å²) in [4.78, 5) is 28.3. The van der Waals surface area contributed by atoms with Gasteiger partial charge < -0.3 is 4.84 Å². The highest BCUT2D eigenvalue weighted by Gasteiger charge is 2.21. The Balaban J connectivity index is 2.17. The van der Waals surface area contributed by atoms with Crippen molar-refractivity contribution in [3.8, 4) is 0 Å². The average Bonchev–Trinajstić information content (AvgIpc) is 2.98. The van der Waals surface area contributed by atoms with Crippen molar-refractivity contribution in [2.24, 2.45) is 0 Å². The maximum Gasteiger partial charge on any atom is 0.360 e. The topological polar surface area (TPSA) is 84.4 Å². The summed E-state index contributed by atoms with van der Waals surface area (Å²) >= 11 is 6.38. The predicted octanol–water partition coefficient (Wildman–Crippen LogP) is 2.27. The van der Waals surface area contributed by atoms with Crippen LogP contribution in [0.4, 0.5) is 15.5 Å². The number of hydroxylamine groups is 1. The Morgan fingerprint density at radius 3 is 2.70 bits per heavy atom. The molecule has 2 amide bonds. The van der Waals surface area contributed by atoms with E-state index < -0.39 is 12.0 Å². The fourth-order valence-electron chi connectivity index (χ4n) is 1.28. The minimum atomic E-state index is -0.743. The quantitative estimate of drug-likeness (QED) is 0.694. The second-order valence-corrected chi connectivity index (χ2v) is 4.49. The van der Waals surface area contributed by atoms with Crippen LogP contribution in [0.25, 0.3) is 0 Å². The summed E-state index contributed by atoms with van der Waals surface area (Å²) < 4.78 is 3.61. The molecule has 0 saturated carbocycles. The van der Waals surface area contributed by atoms with Gasteiger partial charge in [0.2, 0.25) is 0 Å². The van der Waals surface area contributed by atoms with Gasteiger partial charge in [0.25, 0.3) is 0 Å². The Labute approximate surface area is 123 Å². The second kappa shape index (κ2) is 6.83. The Hall–Kier alpha value is -2.19. The number of carbonyl (C=O) groups is 2. The number of aromatic nitrogens is 2. The lowest BCUT2D eigenvalue weighted by Crippen LogP contribution is -2.37. The molecule has 0 unspecified atom stereocenters. The highest BCUT2D eigenvalue weighted by Crippen LogP contribution is 2.17. The molecule has 7 nitrogen and oxygen atoms in total. The van der Waals surface area contributed by atoms with E-state index in [1.165, 1.54) is 6.20 Å². The summed E-state index contributed by atoms with van der Waals surface area (Å²) in [6, 6.07) is 7.77. The summed E-state index contributed by atoms with van der Waals surface area (Å²) in [5, 5.41) is 7.35. The van der Waals surface area contributed by atoms with E-state index in [2.05, 4.69) is 14.9 Å². The van der Waals surface area contributed by atoms with Crippen molar-refractivity contribution in [1.82, 2.24) is 9.59 Å². The Kier molecular flexibility index (Phi) is 4.85. The number of alkyl halides is 1. The third-order valence-corrected chi connectivity index (χ3v) is 2.87. The van der Waals surface area contributed by atoms with Crippen LogP contribution in [0.1, 0.15) is 0 Å². The molecule has 0 spiro atoms. The molecule has 0 saturated heterocycles. The molecular weight excluding hydrogens is 304 g/mol. The molecule has 0 aliphatic heterocycles. The standard InChI is InChI=1S/C11H9ClN4O3S/c12-6-10(17)19-16(8-4-2-1-3-5-8)11(18)14-9-7-13-15-20-9/h1-5,7H,6H2,(H,14,18). The predicted molar refractivity (Wildman–Crippen MR) is 74.7 cm³/mol. The number of carbonyl (C=O) groups excluding carboxylic acids is 2. The van der Waals surface area contributed by atoms with Crippen LogP contribution in [-0.2, 0) is 9.63 Å². The molecule has 0 aliphatic rings. The lowest BCUT2D eigenvalue weighted by molar-refractivity contribution is -0.140. The first-order valence-electron chi connectivity index (χ1n) is 5.41. The Morgan fingerprint density at radius 1 is 1.35 bits per heavy atom. The van der Waals surface area contributed by atoms with Crippen LogP contribution < -0.4 is 10.4 Å². The van der Waals surface area contributed by atoms with Gasteiger partial charge in [-0.05, 0) is 12.1 Å². The second-order valence-electron chi connectivity index (χ2n) is 3.44. The van der Waals surface area contributed by atoms with Gasteiger partial charge in [0, 0.05) is 11.5 Å². The molecule has 0 aliphatic carbocycles. The Bertz CT molecular complexity index is 579. The van der Waals surface area contributed by atoms with Gasteiger partial charge in [-0.15, -0.1) is 21.8 Å². The third-order valence-electron chi connectivity index (χ3n) is 2.07. The molecule has 1 N–H and O–H groups in total. The minimum Gasteiger partial charge on any atom is -0.330 e. The van der Waals surface area contributed by atoms with Crippen LogP contribution in [0.15, 0.2) is 36.5 Å². The fraction of sp³-hybridized carbons (Fsp3) is 0.0909. The number of hydrogen-bond acceptors (Lipinski definition) is 6. The van der Waals surface area contributed by atoms with Crippen LogP contribution in [0.2, 0.25) is 0 Å². The highest BCUT2D eigenvalue weighted by molar-refractivity contribution is 7.10.